The molecule has 4 heteroatoms. The number of thioether (sulfide) groups is 1. The predicted octanol–water partition coefficient (Wildman–Crippen LogP) is 3.05. The molecule has 1 N–H and O–H groups in total. The fraction of sp³-hybridized carbons (Fsp3) is 0.357. The van der Waals surface area contributed by atoms with Crippen LogP contribution in [0.2, 0.25) is 0 Å². The minimum Gasteiger partial charge on any atom is -0.310 e. The summed E-state index contributed by atoms with van der Waals surface area (Å²) in [5.74, 6) is 0. The van der Waals surface area contributed by atoms with Gasteiger partial charge in [-0.1, -0.05) is 6.07 Å². The fourth-order valence-corrected chi connectivity index (χ4v) is 2.30. The number of aromatic nitrogens is 2. The molecule has 0 radical (unpaired) electrons. The smallest absolute Gasteiger partial charge is 0.0994 e. The van der Waals surface area contributed by atoms with E-state index in [1.807, 2.05) is 19.6 Å². The summed E-state index contributed by atoms with van der Waals surface area (Å²) >= 11 is 1.75. The van der Waals surface area contributed by atoms with Crippen molar-refractivity contribution in [3.8, 4) is 5.69 Å². The van der Waals surface area contributed by atoms with Crippen molar-refractivity contribution in [1.82, 2.24) is 14.9 Å². The van der Waals surface area contributed by atoms with Gasteiger partial charge in [-0.25, -0.2) is 4.98 Å². The van der Waals surface area contributed by atoms with Gasteiger partial charge in [0.2, 0.25) is 0 Å². The third-order valence-electron chi connectivity index (χ3n) is 3.24. The summed E-state index contributed by atoms with van der Waals surface area (Å²) in [6.07, 6.45) is 5.88. The topological polar surface area (TPSA) is 29.9 Å². The Morgan fingerprint density at radius 3 is 2.78 bits per heavy atom. The maximum Gasteiger partial charge on any atom is 0.0994 e. The van der Waals surface area contributed by atoms with Gasteiger partial charge in [-0.05, 0) is 45.4 Å². The average Bonchev–Trinajstić information content (AvgIpc) is 2.89. The molecule has 0 aliphatic rings. The van der Waals surface area contributed by atoms with Gasteiger partial charge in [0.1, 0.15) is 0 Å². The Bertz CT molecular complexity index is 531. The number of hydrogen-bond acceptors (Lipinski definition) is 3. The van der Waals surface area contributed by atoms with Crippen molar-refractivity contribution in [2.24, 2.45) is 0 Å². The Morgan fingerprint density at radius 2 is 2.11 bits per heavy atom. The van der Waals surface area contributed by atoms with E-state index in [0.717, 1.165) is 11.4 Å². The molecule has 1 heterocycles. The number of imidazole rings is 1. The zero-order valence-corrected chi connectivity index (χ0v) is 12.1. The molecular formula is C14H19N3S. The summed E-state index contributed by atoms with van der Waals surface area (Å²) in [5, 5.41) is 3.32. The summed E-state index contributed by atoms with van der Waals surface area (Å²) in [6.45, 7) is 4.30. The SMILES string of the molecule is CNC(C)(C)c1cncn1-c1cccc(SC)c1. The molecule has 1 aromatic carbocycles. The van der Waals surface area contributed by atoms with Gasteiger partial charge in [-0.3, -0.25) is 0 Å². The van der Waals surface area contributed by atoms with Crippen LogP contribution in [0.4, 0.5) is 0 Å². The lowest BCUT2D eigenvalue weighted by Crippen LogP contribution is -2.35. The summed E-state index contributed by atoms with van der Waals surface area (Å²) in [4.78, 5) is 5.54. The van der Waals surface area contributed by atoms with Gasteiger partial charge in [0, 0.05) is 10.6 Å². The second-order valence-corrected chi connectivity index (χ2v) is 5.61. The highest BCUT2D eigenvalue weighted by Crippen LogP contribution is 2.24. The summed E-state index contributed by atoms with van der Waals surface area (Å²) in [5.41, 5.74) is 2.20. The first-order valence-electron chi connectivity index (χ1n) is 5.94. The van der Waals surface area contributed by atoms with E-state index in [-0.39, 0.29) is 5.54 Å². The van der Waals surface area contributed by atoms with Gasteiger partial charge in [-0.15, -0.1) is 11.8 Å². The number of nitrogens with one attached hydrogen (secondary N) is 1. The second kappa shape index (κ2) is 5.16. The van der Waals surface area contributed by atoms with E-state index in [2.05, 4.69) is 59.2 Å². The lowest BCUT2D eigenvalue weighted by molar-refractivity contribution is 0.424. The molecule has 18 heavy (non-hydrogen) atoms. The highest BCUT2D eigenvalue weighted by molar-refractivity contribution is 7.98. The Labute approximate surface area is 113 Å². The molecule has 0 aliphatic heterocycles. The van der Waals surface area contributed by atoms with Crippen LogP contribution in [0.1, 0.15) is 19.5 Å². The second-order valence-electron chi connectivity index (χ2n) is 4.73. The Kier molecular flexibility index (Phi) is 3.78. The standard InChI is InChI=1S/C14H19N3S/c1-14(2,15-3)13-9-16-10-17(13)11-6-5-7-12(8-11)18-4/h5-10,15H,1-4H3. The van der Waals surface area contributed by atoms with Crippen LogP contribution in [0.3, 0.4) is 0 Å². The highest BCUT2D eigenvalue weighted by atomic mass is 32.2. The molecule has 0 spiro atoms. The molecular weight excluding hydrogens is 242 g/mol. The van der Waals surface area contributed by atoms with Crippen molar-refractivity contribution in [3.05, 3.63) is 42.5 Å². The third kappa shape index (κ3) is 2.44. The molecule has 2 aromatic rings. The molecule has 3 nitrogen and oxygen atoms in total. The van der Waals surface area contributed by atoms with Crippen LogP contribution in [0.25, 0.3) is 5.69 Å². The monoisotopic (exact) mass is 261 g/mol. The zero-order valence-electron chi connectivity index (χ0n) is 11.3. The van der Waals surface area contributed by atoms with Gasteiger partial charge >= 0.3 is 0 Å². The first-order chi connectivity index (χ1) is 8.58. The molecule has 1 aromatic heterocycles. The summed E-state index contributed by atoms with van der Waals surface area (Å²) in [6, 6.07) is 8.49. The van der Waals surface area contributed by atoms with E-state index >= 15 is 0 Å². The molecule has 0 saturated heterocycles. The largest absolute Gasteiger partial charge is 0.310 e. The van der Waals surface area contributed by atoms with E-state index in [1.54, 1.807) is 11.8 Å². The van der Waals surface area contributed by atoms with Crippen molar-refractivity contribution < 1.29 is 0 Å². The van der Waals surface area contributed by atoms with Crippen molar-refractivity contribution >= 4 is 11.8 Å². The van der Waals surface area contributed by atoms with Crippen molar-refractivity contribution in [2.75, 3.05) is 13.3 Å². The van der Waals surface area contributed by atoms with Crippen LogP contribution < -0.4 is 5.32 Å². The number of nitrogens with zero attached hydrogens (tertiary/aromatic N) is 2. The average molecular weight is 261 g/mol. The Morgan fingerprint density at radius 1 is 1.33 bits per heavy atom. The molecule has 0 unspecified atom stereocenters. The predicted molar refractivity (Wildman–Crippen MR) is 77.4 cm³/mol. The van der Waals surface area contributed by atoms with Gasteiger partial charge < -0.3 is 9.88 Å². The van der Waals surface area contributed by atoms with Gasteiger partial charge in [0.15, 0.2) is 0 Å². The lowest BCUT2D eigenvalue weighted by Gasteiger charge is -2.25. The first-order valence-corrected chi connectivity index (χ1v) is 7.17. The number of rotatable bonds is 4. The van der Waals surface area contributed by atoms with E-state index in [4.69, 9.17) is 0 Å². The van der Waals surface area contributed by atoms with Gasteiger partial charge in [0.25, 0.3) is 0 Å². The quantitative estimate of drug-likeness (QED) is 0.858. The van der Waals surface area contributed by atoms with E-state index in [0.29, 0.717) is 0 Å². The van der Waals surface area contributed by atoms with E-state index in [9.17, 15) is 0 Å². The van der Waals surface area contributed by atoms with Crippen molar-refractivity contribution in [2.45, 2.75) is 24.3 Å². The molecule has 0 atom stereocenters. The highest BCUT2D eigenvalue weighted by Gasteiger charge is 2.22. The molecule has 96 valence electrons. The fourth-order valence-electron chi connectivity index (χ4n) is 1.85. The van der Waals surface area contributed by atoms with Crippen LogP contribution >= 0.6 is 11.8 Å². The van der Waals surface area contributed by atoms with E-state index in [1.165, 1.54) is 4.90 Å². The van der Waals surface area contributed by atoms with Crippen molar-refractivity contribution in [3.63, 3.8) is 0 Å². The minimum absolute atomic E-state index is 0.105. The zero-order chi connectivity index (χ0) is 13.2. The third-order valence-corrected chi connectivity index (χ3v) is 3.96. The lowest BCUT2D eigenvalue weighted by atomic mass is 10.0. The molecule has 0 amide bonds. The van der Waals surface area contributed by atoms with Crippen LogP contribution in [-0.4, -0.2) is 22.9 Å². The van der Waals surface area contributed by atoms with Gasteiger partial charge in [0.05, 0.1) is 23.8 Å². The molecule has 0 aliphatic carbocycles. The Balaban J connectivity index is 2.48. The first kappa shape index (κ1) is 13.2. The summed E-state index contributed by atoms with van der Waals surface area (Å²) in [7, 11) is 1.97. The van der Waals surface area contributed by atoms with Crippen LogP contribution in [0, 0.1) is 0 Å². The van der Waals surface area contributed by atoms with E-state index < -0.39 is 0 Å². The maximum absolute atomic E-state index is 4.28. The van der Waals surface area contributed by atoms with Crippen molar-refractivity contribution in [1.29, 1.82) is 0 Å². The number of hydrogen-bond donors (Lipinski definition) is 1. The normalized spacial score (nSPS) is 11.8. The summed E-state index contributed by atoms with van der Waals surface area (Å²) < 4.78 is 2.14. The maximum atomic E-state index is 4.28. The molecule has 0 saturated carbocycles. The van der Waals surface area contributed by atoms with Crippen LogP contribution in [-0.2, 0) is 5.54 Å². The molecule has 0 fully saturated rings. The van der Waals surface area contributed by atoms with Crippen LogP contribution in [0.5, 0.6) is 0 Å². The molecule has 2 rings (SSSR count). The number of benzene rings is 1. The van der Waals surface area contributed by atoms with Gasteiger partial charge in [-0.2, -0.15) is 0 Å². The molecule has 0 bridgehead atoms. The minimum atomic E-state index is -0.105. The Hall–Kier alpha value is -1.26. The van der Waals surface area contributed by atoms with Crippen LogP contribution in [0.15, 0.2) is 41.7 Å².